The maximum absolute atomic E-state index is 10.9. The number of non-ortho nitro benzene ring substituents is 1. The Morgan fingerprint density at radius 1 is 1.14 bits per heavy atom. The minimum Gasteiger partial charge on any atom is -0.454 e. The third-order valence-electron chi connectivity index (χ3n) is 3.99. The van der Waals surface area contributed by atoms with Gasteiger partial charge < -0.3 is 4.42 Å². The molecule has 0 saturated carbocycles. The Balaban J connectivity index is 1.57. The van der Waals surface area contributed by atoms with Crippen LogP contribution in [0, 0.1) is 17.0 Å². The van der Waals surface area contributed by atoms with Gasteiger partial charge in [0.05, 0.1) is 9.95 Å². The molecule has 3 aromatic heterocycles. The van der Waals surface area contributed by atoms with E-state index in [1.54, 1.807) is 18.2 Å². The Morgan fingerprint density at radius 2 is 1.96 bits per heavy atom. The summed E-state index contributed by atoms with van der Waals surface area (Å²) in [4.78, 5) is 19.4. The average Bonchev–Trinajstić information content (AvgIpc) is 3.31. The van der Waals surface area contributed by atoms with E-state index in [-0.39, 0.29) is 10.7 Å². The average molecular weight is 414 g/mol. The van der Waals surface area contributed by atoms with Gasteiger partial charge in [0.1, 0.15) is 11.5 Å². The van der Waals surface area contributed by atoms with E-state index in [0.717, 1.165) is 16.6 Å². The Hall–Kier alpha value is -3.07. The molecule has 0 fully saturated rings. The summed E-state index contributed by atoms with van der Waals surface area (Å²) >= 11 is 7.67. The Bertz CT molecular complexity index is 1170. The summed E-state index contributed by atoms with van der Waals surface area (Å²) < 4.78 is 5.88. The summed E-state index contributed by atoms with van der Waals surface area (Å²) in [6, 6.07) is 13.7. The fourth-order valence-corrected chi connectivity index (χ4v) is 3.68. The lowest BCUT2D eigenvalue weighted by Crippen LogP contribution is -2.71. The molecule has 4 aromatic rings. The van der Waals surface area contributed by atoms with E-state index >= 15 is 0 Å². The van der Waals surface area contributed by atoms with E-state index in [1.807, 2.05) is 35.8 Å². The highest BCUT2D eigenvalue weighted by atomic mass is 35.5. The molecule has 0 aliphatic heterocycles. The van der Waals surface area contributed by atoms with Gasteiger partial charge in [0.2, 0.25) is 5.82 Å². The van der Waals surface area contributed by atoms with Crippen molar-refractivity contribution in [3.8, 4) is 22.8 Å². The first-order chi connectivity index (χ1) is 13.5. The highest BCUT2D eigenvalue weighted by Gasteiger charge is 2.16. The Morgan fingerprint density at radius 3 is 2.71 bits per heavy atom. The van der Waals surface area contributed by atoms with E-state index in [4.69, 9.17) is 16.0 Å². The van der Waals surface area contributed by atoms with E-state index in [1.165, 1.54) is 23.5 Å². The van der Waals surface area contributed by atoms with E-state index in [0.29, 0.717) is 22.8 Å². The number of benzene rings is 1. The van der Waals surface area contributed by atoms with Crippen LogP contribution in [0.15, 0.2) is 58.3 Å². The smallest absolute Gasteiger partial charge is 0.289 e. The standard InChI is InChI=1S/C19H13ClN4O3S/c1-11-3-2-4-18(21-11)23-19-22-15(10-28-19)17-8-7-16(27-17)13-6-5-12(24(25)26)9-14(13)20/h2-10H,1H3,(H,21,22,23)/p+1. The van der Waals surface area contributed by atoms with E-state index in [2.05, 4.69) is 9.97 Å². The SMILES string of the molecule is Cc1cccc([NH2+]c2nc(-c3ccc(-c4ccc([N+](=O)[O-])cc4Cl)o3)cs2)n1. The largest absolute Gasteiger partial charge is 0.454 e. The molecule has 2 N–H and O–H groups in total. The molecule has 7 nitrogen and oxygen atoms in total. The van der Waals surface area contributed by atoms with Crippen LogP contribution in [-0.4, -0.2) is 14.9 Å². The molecule has 3 heterocycles. The second kappa shape index (κ2) is 7.51. The number of nitro groups is 1. The Labute approximate surface area is 168 Å². The molecule has 0 aliphatic rings. The van der Waals surface area contributed by atoms with Crippen molar-refractivity contribution >= 4 is 39.6 Å². The van der Waals surface area contributed by atoms with E-state index < -0.39 is 4.92 Å². The minimum absolute atomic E-state index is 0.0648. The number of nitrogens with zero attached hydrogens (tertiary/aromatic N) is 3. The summed E-state index contributed by atoms with van der Waals surface area (Å²) in [6.45, 7) is 1.94. The van der Waals surface area contributed by atoms with E-state index in [9.17, 15) is 10.1 Å². The van der Waals surface area contributed by atoms with Crippen LogP contribution in [0.3, 0.4) is 0 Å². The molecule has 4 rings (SSSR count). The molecule has 0 saturated heterocycles. The molecule has 9 heteroatoms. The molecule has 0 amide bonds. The second-order valence-corrected chi connectivity index (χ2v) is 7.30. The van der Waals surface area contributed by atoms with Gasteiger partial charge in [0.15, 0.2) is 5.76 Å². The van der Waals surface area contributed by atoms with Gasteiger partial charge in [-0.1, -0.05) is 29.0 Å². The first kappa shape index (κ1) is 18.3. The number of pyridine rings is 1. The number of furan rings is 1. The van der Waals surface area contributed by atoms with Crippen molar-refractivity contribution in [3.63, 3.8) is 0 Å². The van der Waals surface area contributed by atoms with Crippen LogP contribution in [0.25, 0.3) is 22.8 Å². The summed E-state index contributed by atoms with van der Waals surface area (Å²) in [7, 11) is 0. The third-order valence-corrected chi connectivity index (χ3v) is 5.10. The molecule has 0 aliphatic carbocycles. The lowest BCUT2D eigenvalue weighted by atomic mass is 10.1. The molecule has 0 bridgehead atoms. The van der Waals surface area contributed by atoms with Crippen molar-refractivity contribution in [3.05, 3.63) is 74.7 Å². The van der Waals surface area contributed by atoms with Gasteiger partial charge in [-0.2, -0.15) is 4.98 Å². The summed E-state index contributed by atoms with van der Waals surface area (Å²) in [5.41, 5.74) is 2.17. The molecule has 0 atom stereocenters. The maximum Gasteiger partial charge on any atom is 0.289 e. The van der Waals surface area contributed by atoms with Crippen molar-refractivity contribution in [1.29, 1.82) is 0 Å². The fourth-order valence-electron chi connectivity index (χ4n) is 2.68. The number of aromatic nitrogens is 2. The number of nitro benzene ring substituents is 1. The molecule has 140 valence electrons. The van der Waals surface area contributed by atoms with Crippen LogP contribution in [0.4, 0.5) is 16.6 Å². The molecule has 28 heavy (non-hydrogen) atoms. The number of halogens is 1. The molecule has 1 aromatic carbocycles. The van der Waals surface area contributed by atoms with Gasteiger partial charge in [-0.3, -0.25) is 10.1 Å². The van der Waals surface area contributed by atoms with Crippen LogP contribution in [0.2, 0.25) is 5.02 Å². The lowest BCUT2D eigenvalue weighted by Gasteiger charge is -2.00. The molecular weight excluding hydrogens is 400 g/mol. The summed E-state index contributed by atoms with van der Waals surface area (Å²) in [5.74, 6) is 1.96. The zero-order chi connectivity index (χ0) is 19.7. The predicted octanol–water partition coefficient (Wildman–Crippen LogP) is 4.86. The lowest BCUT2D eigenvalue weighted by molar-refractivity contribution is -0.482. The van der Waals surface area contributed by atoms with Crippen molar-refractivity contribution in [1.82, 2.24) is 9.97 Å². The van der Waals surface area contributed by atoms with Gasteiger partial charge in [-0.05, 0) is 31.2 Å². The van der Waals surface area contributed by atoms with Crippen molar-refractivity contribution < 1.29 is 14.7 Å². The monoisotopic (exact) mass is 413 g/mol. The zero-order valence-corrected chi connectivity index (χ0v) is 16.2. The molecule has 0 spiro atoms. The van der Waals surface area contributed by atoms with Crippen LogP contribution < -0.4 is 5.32 Å². The molecule has 0 radical (unpaired) electrons. The zero-order valence-electron chi connectivity index (χ0n) is 14.6. The highest BCUT2D eigenvalue weighted by Crippen LogP contribution is 2.35. The quantitative estimate of drug-likeness (QED) is 0.372. The van der Waals surface area contributed by atoms with Crippen molar-refractivity contribution in [2.45, 2.75) is 6.92 Å². The predicted molar refractivity (Wildman–Crippen MR) is 107 cm³/mol. The minimum atomic E-state index is -0.486. The van der Waals surface area contributed by atoms with Gasteiger partial charge in [-0.15, -0.1) is 0 Å². The van der Waals surface area contributed by atoms with Gasteiger partial charge >= 0.3 is 0 Å². The first-order valence-electron chi connectivity index (χ1n) is 8.28. The van der Waals surface area contributed by atoms with Gasteiger partial charge in [0.25, 0.3) is 10.8 Å². The van der Waals surface area contributed by atoms with Crippen molar-refractivity contribution in [2.75, 3.05) is 0 Å². The topological polar surface area (TPSA) is 98.7 Å². The molecular formula is C19H14ClN4O3S+. The van der Waals surface area contributed by atoms with Crippen LogP contribution in [0.5, 0.6) is 0 Å². The number of thiazole rings is 1. The third kappa shape index (κ3) is 3.79. The first-order valence-corrected chi connectivity index (χ1v) is 9.54. The Kier molecular flexibility index (Phi) is 4.91. The van der Waals surface area contributed by atoms with Gasteiger partial charge in [0, 0.05) is 34.8 Å². The number of quaternary nitrogens is 1. The molecule has 0 unspecified atom stereocenters. The van der Waals surface area contributed by atoms with Crippen LogP contribution >= 0.6 is 22.9 Å². The van der Waals surface area contributed by atoms with Crippen molar-refractivity contribution in [2.24, 2.45) is 0 Å². The highest BCUT2D eigenvalue weighted by molar-refractivity contribution is 7.13. The number of rotatable bonds is 5. The summed E-state index contributed by atoms with van der Waals surface area (Å²) in [5, 5.41) is 15.7. The summed E-state index contributed by atoms with van der Waals surface area (Å²) in [6.07, 6.45) is 0. The van der Waals surface area contributed by atoms with Gasteiger partial charge in [-0.25, -0.2) is 10.3 Å². The number of aryl methyl sites for hydroxylation is 1. The number of hydrogen-bond donors (Lipinski definition) is 1. The number of nitrogens with two attached hydrogens (primary N) is 1. The van der Waals surface area contributed by atoms with Crippen LogP contribution in [-0.2, 0) is 0 Å². The van der Waals surface area contributed by atoms with Crippen LogP contribution in [0.1, 0.15) is 5.69 Å². The fraction of sp³-hybridized carbons (Fsp3) is 0.0526. The maximum atomic E-state index is 10.9. The number of hydrogen-bond acceptors (Lipinski definition) is 6. The normalized spacial score (nSPS) is 10.9. The second-order valence-electron chi connectivity index (χ2n) is 6.00.